The smallest absolute Gasteiger partial charge is 0.256 e. The van der Waals surface area contributed by atoms with Gasteiger partial charge < -0.3 is 10.1 Å². The second kappa shape index (κ2) is 6.65. The third-order valence-electron chi connectivity index (χ3n) is 2.82. The van der Waals surface area contributed by atoms with Crippen molar-refractivity contribution in [2.45, 2.75) is 6.42 Å². The van der Waals surface area contributed by atoms with Crippen LogP contribution in [-0.2, 0) is 6.42 Å². The van der Waals surface area contributed by atoms with Crippen LogP contribution >= 0.6 is 0 Å². The van der Waals surface area contributed by atoms with Gasteiger partial charge in [0.2, 0.25) is 5.88 Å². The summed E-state index contributed by atoms with van der Waals surface area (Å²) in [4.78, 5) is 15.9. The quantitative estimate of drug-likeness (QED) is 0.909. The van der Waals surface area contributed by atoms with Crippen molar-refractivity contribution >= 4 is 5.91 Å². The first-order valence-corrected chi connectivity index (χ1v) is 6.22. The first kappa shape index (κ1) is 14.0. The molecule has 1 aromatic heterocycles. The van der Waals surface area contributed by atoms with Gasteiger partial charge in [-0.1, -0.05) is 12.1 Å². The average Bonchev–Trinajstić information content (AvgIpc) is 2.49. The molecule has 0 saturated heterocycles. The van der Waals surface area contributed by atoms with E-state index in [2.05, 4.69) is 10.3 Å². The van der Waals surface area contributed by atoms with E-state index in [1.807, 2.05) is 0 Å². The van der Waals surface area contributed by atoms with Crippen molar-refractivity contribution in [3.05, 3.63) is 59.5 Å². The molecule has 2 aromatic rings. The van der Waals surface area contributed by atoms with Crippen LogP contribution in [0.25, 0.3) is 0 Å². The highest BCUT2D eigenvalue weighted by atomic mass is 19.1. The fourth-order valence-electron chi connectivity index (χ4n) is 1.79. The molecule has 1 heterocycles. The number of rotatable bonds is 5. The second-order valence-electron chi connectivity index (χ2n) is 4.19. The zero-order valence-electron chi connectivity index (χ0n) is 11.1. The molecule has 2 rings (SSSR count). The minimum Gasteiger partial charge on any atom is -0.480 e. The molecule has 1 amide bonds. The average molecular weight is 274 g/mol. The van der Waals surface area contributed by atoms with Crippen molar-refractivity contribution in [2.24, 2.45) is 0 Å². The van der Waals surface area contributed by atoms with Gasteiger partial charge in [0.05, 0.1) is 7.11 Å². The lowest BCUT2D eigenvalue weighted by Gasteiger charge is -2.08. The molecule has 0 aliphatic heterocycles. The molecule has 1 aromatic carbocycles. The fourth-order valence-corrected chi connectivity index (χ4v) is 1.79. The molecule has 0 aliphatic rings. The molecule has 0 spiro atoms. The Morgan fingerprint density at radius 1 is 1.30 bits per heavy atom. The maximum atomic E-state index is 12.8. The van der Waals surface area contributed by atoms with E-state index in [0.29, 0.717) is 24.4 Å². The van der Waals surface area contributed by atoms with Crippen molar-refractivity contribution < 1.29 is 13.9 Å². The molecule has 20 heavy (non-hydrogen) atoms. The lowest BCUT2D eigenvalue weighted by molar-refractivity contribution is 0.0950. The van der Waals surface area contributed by atoms with Gasteiger partial charge in [-0.2, -0.15) is 0 Å². The Labute approximate surface area is 116 Å². The van der Waals surface area contributed by atoms with Gasteiger partial charge in [0.15, 0.2) is 0 Å². The first-order valence-electron chi connectivity index (χ1n) is 6.22. The van der Waals surface area contributed by atoms with Gasteiger partial charge in [0, 0.05) is 12.7 Å². The molecule has 0 saturated carbocycles. The molecule has 4 nitrogen and oxygen atoms in total. The summed E-state index contributed by atoms with van der Waals surface area (Å²) in [5, 5.41) is 2.78. The molecule has 0 atom stereocenters. The van der Waals surface area contributed by atoms with Crippen molar-refractivity contribution in [1.29, 1.82) is 0 Å². The van der Waals surface area contributed by atoms with Gasteiger partial charge in [0.25, 0.3) is 5.91 Å². The zero-order valence-corrected chi connectivity index (χ0v) is 11.1. The highest BCUT2D eigenvalue weighted by Gasteiger charge is 2.11. The Bertz CT molecular complexity index is 585. The number of methoxy groups -OCH3 is 1. The topological polar surface area (TPSA) is 51.2 Å². The molecule has 0 radical (unpaired) electrons. The summed E-state index contributed by atoms with van der Waals surface area (Å²) in [6.07, 6.45) is 2.20. The van der Waals surface area contributed by atoms with Crippen LogP contribution in [0.15, 0.2) is 42.6 Å². The summed E-state index contributed by atoms with van der Waals surface area (Å²) in [7, 11) is 1.47. The number of pyridine rings is 1. The van der Waals surface area contributed by atoms with Crippen LogP contribution < -0.4 is 10.1 Å². The van der Waals surface area contributed by atoms with Crippen LogP contribution in [0.1, 0.15) is 15.9 Å². The van der Waals surface area contributed by atoms with E-state index in [0.717, 1.165) is 5.56 Å². The number of nitrogens with zero attached hydrogens (tertiary/aromatic N) is 1. The van der Waals surface area contributed by atoms with Crippen LogP contribution in [0.4, 0.5) is 4.39 Å². The number of benzene rings is 1. The Kier molecular flexibility index (Phi) is 4.65. The van der Waals surface area contributed by atoms with Gasteiger partial charge in [0.1, 0.15) is 11.4 Å². The van der Waals surface area contributed by atoms with Crippen molar-refractivity contribution in [3.63, 3.8) is 0 Å². The summed E-state index contributed by atoms with van der Waals surface area (Å²) in [6, 6.07) is 9.54. The zero-order chi connectivity index (χ0) is 14.4. The second-order valence-corrected chi connectivity index (χ2v) is 4.19. The number of halogens is 1. The van der Waals surface area contributed by atoms with E-state index >= 15 is 0 Å². The molecular weight excluding hydrogens is 259 g/mol. The van der Waals surface area contributed by atoms with Gasteiger partial charge in [-0.3, -0.25) is 4.79 Å². The van der Waals surface area contributed by atoms with Gasteiger partial charge in [-0.05, 0) is 36.2 Å². The molecule has 1 N–H and O–H groups in total. The molecular formula is C15H15FN2O2. The number of carbonyl (C=O) groups is 1. The van der Waals surface area contributed by atoms with E-state index in [-0.39, 0.29) is 11.7 Å². The minimum absolute atomic E-state index is 0.239. The van der Waals surface area contributed by atoms with E-state index in [4.69, 9.17) is 4.74 Å². The monoisotopic (exact) mass is 274 g/mol. The van der Waals surface area contributed by atoms with Gasteiger partial charge in [-0.25, -0.2) is 9.37 Å². The fraction of sp³-hybridized carbons (Fsp3) is 0.200. The molecule has 0 unspecified atom stereocenters. The number of amides is 1. The van der Waals surface area contributed by atoms with Crippen molar-refractivity contribution in [3.8, 4) is 5.88 Å². The van der Waals surface area contributed by atoms with Crippen LogP contribution in [0, 0.1) is 5.82 Å². The van der Waals surface area contributed by atoms with Gasteiger partial charge in [-0.15, -0.1) is 0 Å². The maximum Gasteiger partial charge on any atom is 0.256 e. The number of hydrogen-bond acceptors (Lipinski definition) is 3. The van der Waals surface area contributed by atoms with Crippen LogP contribution in [-0.4, -0.2) is 24.5 Å². The third kappa shape index (κ3) is 3.54. The largest absolute Gasteiger partial charge is 0.480 e. The van der Waals surface area contributed by atoms with Gasteiger partial charge >= 0.3 is 0 Å². The number of aromatic nitrogens is 1. The molecule has 5 heteroatoms. The van der Waals surface area contributed by atoms with Crippen LogP contribution in [0.5, 0.6) is 5.88 Å². The maximum absolute atomic E-state index is 12.8. The molecule has 0 aliphatic carbocycles. The predicted octanol–water partition coefficient (Wildman–Crippen LogP) is 2.20. The van der Waals surface area contributed by atoms with Crippen LogP contribution in [0.3, 0.4) is 0 Å². The highest BCUT2D eigenvalue weighted by molar-refractivity contribution is 5.96. The summed E-state index contributed by atoms with van der Waals surface area (Å²) in [5.41, 5.74) is 1.36. The summed E-state index contributed by atoms with van der Waals surface area (Å²) >= 11 is 0. The molecule has 0 bridgehead atoms. The van der Waals surface area contributed by atoms with Crippen LogP contribution in [0.2, 0.25) is 0 Å². The van der Waals surface area contributed by atoms with E-state index in [1.165, 1.54) is 19.2 Å². The molecule has 0 fully saturated rings. The summed E-state index contributed by atoms with van der Waals surface area (Å²) in [6.45, 7) is 0.461. The first-order chi connectivity index (χ1) is 9.70. The standard InChI is InChI=1S/C15H15FN2O2/c1-20-15-13(3-2-9-18-15)14(19)17-10-8-11-4-6-12(16)7-5-11/h2-7,9H,8,10H2,1H3,(H,17,19). The Morgan fingerprint density at radius 2 is 2.05 bits per heavy atom. The number of nitrogens with one attached hydrogen (secondary N) is 1. The number of ether oxygens (including phenoxy) is 1. The van der Waals surface area contributed by atoms with E-state index in [9.17, 15) is 9.18 Å². The lowest BCUT2D eigenvalue weighted by Crippen LogP contribution is -2.26. The Hall–Kier alpha value is -2.43. The van der Waals surface area contributed by atoms with Crippen molar-refractivity contribution in [2.75, 3.05) is 13.7 Å². The summed E-state index contributed by atoms with van der Waals surface area (Å²) in [5.74, 6) is -0.207. The normalized spacial score (nSPS) is 10.1. The highest BCUT2D eigenvalue weighted by Crippen LogP contribution is 2.13. The Balaban J connectivity index is 1.90. The SMILES string of the molecule is COc1ncccc1C(=O)NCCc1ccc(F)cc1. The summed E-state index contributed by atoms with van der Waals surface area (Å²) < 4.78 is 17.8. The number of hydrogen-bond donors (Lipinski definition) is 1. The van der Waals surface area contributed by atoms with Crippen molar-refractivity contribution in [1.82, 2.24) is 10.3 Å². The lowest BCUT2D eigenvalue weighted by atomic mass is 10.1. The number of carbonyl (C=O) groups excluding carboxylic acids is 1. The predicted molar refractivity (Wildman–Crippen MR) is 73.2 cm³/mol. The minimum atomic E-state index is -0.266. The van der Waals surface area contributed by atoms with E-state index in [1.54, 1.807) is 30.5 Å². The third-order valence-corrected chi connectivity index (χ3v) is 2.82. The Morgan fingerprint density at radius 3 is 2.75 bits per heavy atom. The molecule has 104 valence electrons. The van der Waals surface area contributed by atoms with E-state index < -0.39 is 0 Å².